The van der Waals surface area contributed by atoms with E-state index >= 15 is 0 Å². The normalized spacial score (nSPS) is 28.6. The number of hydrogen-bond donors (Lipinski definition) is 1. The summed E-state index contributed by atoms with van der Waals surface area (Å²) in [6.45, 7) is 0.663. The molecule has 12 heteroatoms. The van der Waals surface area contributed by atoms with Gasteiger partial charge in [0.15, 0.2) is 0 Å². The Morgan fingerprint density at radius 3 is 2.63 bits per heavy atom. The Morgan fingerprint density at radius 1 is 1.19 bits per heavy atom. The molecule has 7 nitrogen and oxygen atoms in total. The van der Waals surface area contributed by atoms with Gasteiger partial charge >= 0.3 is 6.18 Å². The second-order valence-corrected chi connectivity index (χ2v) is 7.28. The molecule has 1 aromatic heterocycles. The molecule has 0 unspecified atom stereocenters. The Hall–Kier alpha value is -1.82. The van der Waals surface area contributed by atoms with E-state index in [4.69, 9.17) is 0 Å². The summed E-state index contributed by atoms with van der Waals surface area (Å²) < 4.78 is 66.4. The van der Waals surface area contributed by atoms with Gasteiger partial charge in [0.2, 0.25) is 11.7 Å². The molecule has 1 amide bonds. The highest BCUT2D eigenvalue weighted by atomic mass is 19.4. The first-order valence-electron chi connectivity index (χ1n) is 8.77. The van der Waals surface area contributed by atoms with Crippen molar-refractivity contribution in [3.05, 3.63) is 11.6 Å². The van der Waals surface area contributed by atoms with Gasteiger partial charge in [0.25, 0.3) is 5.92 Å². The number of nitrogens with zero attached hydrogens (tertiary/aromatic N) is 5. The third-order valence-electron chi connectivity index (χ3n) is 5.44. The second-order valence-electron chi connectivity index (χ2n) is 7.28. The van der Waals surface area contributed by atoms with E-state index < -0.39 is 30.5 Å². The van der Waals surface area contributed by atoms with Gasteiger partial charge in [-0.25, -0.2) is 8.78 Å². The number of fused-ring (bicyclic) bond motifs is 1. The number of rotatable bonds is 2. The van der Waals surface area contributed by atoms with Crippen molar-refractivity contribution in [3.8, 4) is 0 Å². The number of halogens is 5. The van der Waals surface area contributed by atoms with Crippen LogP contribution >= 0.6 is 0 Å². The fourth-order valence-corrected chi connectivity index (χ4v) is 4.03. The standard InChI is InChI=1S/C15H19F5N6O/c16-14(17)1-2-25(8-14)12(27)10-5-9(6-21-10)24-3-4-26-11(7-24)22-23-13(26)15(18,19)20/h9-10,21H,1-8H2/t9-,10-/m0/s1. The Balaban J connectivity index is 1.38. The van der Waals surface area contributed by atoms with E-state index in [1.165, 1.54) is 4.90 Å². The third-order valence-corrected chi connectivity index (χ3v) is 5.44. The number of aromatic nitrogens is 3. The lowest BCUT2D eigenvalue weighted by Crippen LogP contribution is -2.43. The average Bonchev–Trinajstić information content (AvgIpc) is 3.30. The number of alkyl halides is 5. The molecule has 3 aliphatic heterocycles. The Kier molecular flexibility index (Phi) is 4.37. The van der Waals surface area contributed by atoms with E-state index in [-0.39, 0.29) is 43.8 Å². The number of carbonyl (C=O) groups excluding carboxylic acids is 1. The van der Waals surface area contributed by atoms with Gasteiger partial charge in [-0.15, -0.1) is 10.2 Å². The lowest BCUT2D eigenvalue weighted by Gasteiger charge is -2.32. The van der Waals surface area contributed by atoms with Crippen LogP contribution in [0, 0.1) is 0 Å². The van der Waals surface area contributed by atoms with Crippen molar-refractivity contribution in [1.29, 1.82) is 0 Å². The van der Waals surface area contributed by atoms with Gasteiger partial charge < -0.3 is 14.8 Å². The van der Waals surface area contributed by atoms with E-state index in [0.29, 0.717) is 19.5 Å². The van der Waals surface area contributed by atoms with Gasteiger partial charge in [-0.05, 0) is 6.42 Å². The quantitative estimate of drug-likeness (QED) is 0.749. The molecule has 2 fully saturated rings. The van der Waals surface area contributed by atoms with E-state index in [9.17, 15) is 26.7 Å². The zero-order valence-corrected chi connectivity index (χ0v) is 14.3. The smallest absolute Gasteiger partial charge is 0.335 e. The van der Waals surface area contributed by atoms with E-state index in [2.05, 4.69) is 15.5 Å². The molecule has 150 valence electrons. The first-order chi connectivity index (χ1) is 12.6. The number of likely N-dealkylation sites (tertiary alicyclic amines) is 1. The molecular weight excluding hydrogens is 375 g/mol. The van der Waals surface area contributed by atoms with Crippen LogP contribution in [0.4, 0.5) is 22.0 Å². The molecule has 0 radical (unpaired) electrons. The first kappa shape index (κ1) is 18.5. The van der Waals surface area contributed by atoms with Crippen LogP contribution < -0.4 is 5.32 Å². The number of hydrogen-bond acceptors (Lipinski definition) is 5. The van der Waals surface area contributed by atoms with E-state index in [1.807, 2.05) is 4.90 Å². The molecule has 0 aromatic carbocycles. The zero-order chi connectivity index (χ0) is 19.4. The fraction of sp³-hybridized carbons (Fsp3) is 0.800. The summed E-state index contributed by atoms with van der Waals surface area (Å²) in [4.78, 5) is 15.6. The van der Waals surface area contributed by atoms with Crippen LogP contribution in [-0.2, 0) is 24.1 Å². The van der Waals surface area contributed by atoms with Crippen molar-refractivity contribution >= 4 is 5.91 Å². The van der Waals surface area contributed by atoms with Crippen molar-refractivity contribution in [3.63, 3.8) is 0 Å². The van der Waals surface area contributed by atoms with Crippen LogP contribution in [0.2, 0.25) is 0 Å². The van der Waals surface area contributed by atoms with Gasteiger partial charge in [-0.2, -0.15) is 13.2 Å². The van der Waals surface area contributed by atoms with Gasteiger partial charge in [0, 0.05) is 38.6 Å². The van der Waals surface area contributed by atoms with E-state index in [1.54, 1.807) is 0 Å². The van der Waals surface area contributed by atoms with Crippen LogP contribution in [0.5, 0.6) is 0 Å². The summed E-state index contributed by atoms with van der Waals surface area (Å²) in [5.41, 5.74) is 0. The zero-order valence-electron chi connectivity index (χ0n) is 14.3. The number of nitrogens with one attached hydrogen (secondary N) is 1. The van der Waals surface area contributed by atoms with Crippen molar-refractivity contribution in [1.82, 2.24) is 29.9 Å². The number of amides is 1. The minimum Gasteiger partial charge on any atom is -0.335 e. The molecule has 1 aromatic rings. The Morgan fingerprint density at radius 2 is 1.96 bits per heavy atom. The second kappa shape index (κ2) is 6.36. The Labute approximate surface area is 151 Å². The Bertz CT molecular complexity index is 735. The van der Waals surface area contributed by atoms with Gasteiger partial charge in [0.05, 0.1) is 19.1 Å². The van der Waals surface area contributed by atoms with E-state index in [0.717, 1.165) is 4.57 Å². The molecule has 3 aliphatic rings. The largest absolute Gasteiger partial charge is 0.451 e. The van der Waals surface area contributed by atoms with Crippen LogP contribution in [0.25, 0.3) is 0 Å². The fourth-order valence-electron chi connectivity index (χ4n) is 4.03. The highest BCUT2D eigenvalue weighted by molar-refractivity contribution is 5.82. The minimum atomic E-state index is -4.54. The van der Waals surface area contributed by atoms with Crippen LogP contribution in [-0.4, -0.2) is 74.7 Å². The molecule has 0 spiro atoms. The van der Waals surface area contributed by atoms with Crippen LogP contribution in [0.3, 0.4) is 0 Å². The maximum Gasteiger partial charge on any atom is 0.451 e. The summed E-state index contributed by atoms with van der Waals surface area (Å²) >= 11 is 0. The lowest BCUT2D eigenvalue weighted by atomic mass is 10.1. The highest BCUT2D eigenvalue weighted by Gasteiger charge is 2.44. The predicted octanol–water partition coefficient (Wildman–Crippen LogP) is 0.711. The average molecular weight is 394 g/mol. The third kappa shape index (κ3) is 3.51. The van der Waals surface area contributed by atoms with Crippen LogP contribution in [0.1, 0.15) is 24.5 Å². The molecule has 4 heterocycles. The van der Waals surface area contributed by atoms with Crippen molar-refractivity contribution in [2.24, 2.45) is 0 Å². The molecule has 4 rings (SSSR count). The lowest BCUT2D eigenvalue weighted by molar-refractivity contribution is -0.148. The number of carbonyl (C=O) groups is 1. The molecule has 0 saturated carbocycles. The molecular formula is C15H19F5N6O. The monoisotopic (exact) mass is 394 g/mol. The van der Waals surface area contributed by atoms with Gasteiger partial charge in [-0.3, -0.25) is 9.69 Å². The summed E-state index contributed by atoms with van der Waals surface area (Å²) in [6, 6.07) is -0.615. The summed E-state index contributed by atoms with van der Waals surface area (Å²) in [5, 5.41) is 9.96. The van der Waals surface area contributed by atoms with Crippen molar-refractivity contribution in [2.45, 2.75) is 50.1 Å². The molecule has 27 heavy (non-hydrogen) atoms. The maximum absolute atomic E-state index is 13.3. The predicted molar refractivity (Wildman–Crippen MR) is 81.8 cm³/mol. The first-order valence-corrected chi connectivity index (χ1v) is 8.77. The summed E-state index contributed by atoms with van der Waals surface area (Å²) in [7, 11) is 0. The van der Waals surface area contributed by atoms with Crippen molar-refractivity contribution < 1.29 is 26.7 Å². The van der Waals surface area contributed by atoms with Crippen LogP contribution in [0.15, 0.2) is 0 Å². The molecule has 2 saturated heterocycles. The topological polar surface area (TPSA) is 66.3 Å². The SMILES string of the molecule is O=C([C@@H]1C[C@H](N2CCn3c(nnc3C(F)(F)F)C2)CN1)N1CCC(F)(F)C1. The highest BCUT2D eigenvalue weighted by Crippen LogP contribution is 2.31. The molecule has 1 N–H and O–H groups in total. The van der Waals surface area contributed by atoms with Gasteiger partial charge in [-0.1, -0.05) is 0 Å². The van der Waals surface area contributed by atoms with Gasteiger partial charge in [0.1, 0.15) is 5.82 Å². The van der Waals surface area contributed by atoms with Crippen molar-refractivity contribution in [2.75, 3.05) is 26.2 Å². The maximum atomic E-state index is 13.3. The summed E-state index contributed by atoms with van der Waals surface area (Å²) in [6.07, 6.45) is -4.43. The molecule has 0 bridgehead atoms. The minimum absolute atomic E-state index is 0.0434. The molecule has 2 atom stereocenters. The molecule has 0 aliphatic carbocycles. The summed E-state index contributed by atoms with van der Waals surface area (Å²) in [5.74, 6) is -3.93.